The zero-order valence-electron chi connectivity index (χ0n) is 11.9. The van der Waals surface area contributed by atoms with Crippen LogP contribution in [0.2, 0.25) is 0 Å². The van der Waals surface area contributed by atoms with Gasteiger partial charge < -0.3 is 10.6 Å². The summed E-state index contributed by atoms with van der Waals surface area (Å²) in [4.78, 5) is 2.03. The Morgan fingerprint density at radius 2 is 1.89 bits per heavy atom. The van der Waals surface area contributed by atoms with Crippen LogP contribution in [0.1, 0.15) is 39.2 Å². The number of hydrogen-bond donors (Lipinski definition) is 1. The summed E-state index contributed by atoms with van der Waals surface area (Å²) in [5.74, 6) is -0.150. The highest BCUT2D eigenvalue weighted by molar-refractivity contribution is 5.49. The molecule has 0 aromatic heterocycles. The molecule has 1 aromatic carbocycles. The van der Waals surface area contributed by atoms with E-state index in [9.17, 15) is 4.39 Å². The number of nitrogens with zero attached hydrogens (tertiary/aromatic N) is 1. The van der Waals surface area contributed by atoms with Gasteiger partial charge in [0, 0.05) is 19.1 Å². The van der Waals surface area contributed by atoms with Crippen molar-refractivity contribution in [1.82, 2.24) is 0 Å². The molecular weight excluding hydrogens is 227 g/mol. The molecule has 0 aliphatic heterocycles. The van der Waals surface area contributed by atoms with Crippen molar-refractivity contribution in [1.29, 1.82) is 0 Å². The first-order chi connectivity index (χ1) is 8.49. The maximum atomic E-state index is 14.1. The summed E-state index contributed by atoms with van der Waals surface area (Å²) in [6.07, 6.45) is 2.76. The number of hydrogen-bond acceptors (Lipinski definition) is 2. The molecule has 3 heteroatoms. The van der Waals surface area contributed by atoms with Gasteiger partial charge in [-0.25, -0.2) is 4.39 Å². The molecule has 1 aromatic rings. The van der Waals surface area contributed by atoms with Crippen LogP contribution < -0.4 is 10.6 Å². The number of rotatable bonds is 6. The largest absolute Gasteiger partial charge is 0.369 e. The minimum Gasteiger partial charge on any atom is -0.369 e. The Labute approximate surface area is 110 Å². The Morgan fingerprint density at radius 1 is 1.28 bits per heavy atom. The molecule has 0 bridgehead atoms. The predicted molar refractivity (Wildman–Crippen MR) is 76.5 cm³/mol. The van der Waals surface area contributed by atoms with Crippen LogP contribution in [0.3, 0.4) is 0 Å². The van der Waals surface area contributed by atoms with Gasteiger partial charge in [0.05, 0.1) is 5.69 Å². The standard InChI is InChI=1S/C15H25FN2/c1-5-13(6-2)18(4)15-8-7-12(9-11(3)17)10-14(15)16/h7-8,10-11,13H,5-6,9,17H2,1-4H3. The summed E-state index contributed by atoms with van der Waals surface area (Å²) < 4.78 is 14.1. The van der Waals surface area contributed by atoms with E-state index in [1.165, 1.54) is 0 Å². The zero-order valence-corrected chi connectivity index (χ0v) is 11.9. The fraction of sp³-hybridized carbons (Fsp3) is 0.600. The second-order valence-electron chi connectivity index (χ2n) is 5.05. The van der Waals surface area contributed by atoms with Crippen LogP contribution in [0, 0.1) is 5.82 Å². The van der Waals surface area contributed by atoms with E-state index in [1.807, 2.05) is 31.0 Å². The van der Waals surface area contributed by atoms with Crippen molar-refractivity contribution in [3.63, 3.8) is 0 Å². The first-order valence-electron chi connectivity index (χ1n) is 6.76. The van der Waals surface area contributed by atoms with Crippen molar-refractivity contribution in [3.05, 3.63) is 29.6 Å². The van der Waals surface area contributed by atoms with E-state index in [2.05, 4.69) is 13.8 Å². The predicted octanol–water partition coefficient (Wildman–Crippen LogP) is 3.34. The number of anilines is 1. The maximum Gasteiger partial charge on any atom is 0.146 e. The third-order valence-corrected chi connectivity index (χ3v) is 3.44. The van der Waals surface area contributed by atoms with Crippen LogP contribution in [0.4, 0.5) is 10.1 Å². The highest BCUT2D eigenvalue weighted by atomic mass is 19.1. The van der Waals surface area contributed by atoms with E-state index in [0.717, 1.165) is 18.4 Å². The molecule has 0 aliphatic rings. The third-order valence-electron chi connectivity index (χ3n) is 3.44. The quantitative estimate of drug-likeness (QED) is 0.841. The Hall–Kier alpha value is -1.09. The summed E-state index contributed by atoms with van der Waals surface area (Å²) in [6, 6.07) is 5.90. The van der Waals surface area contributed by atoms with Crippen molar-refractivity contribution in [2.75, 3.05) is 11.9 Å². The van der Waals surface area contributed by atoms with Crippen molar-refractivity contribution < 1.29 is 4.39 Å². The van der Waals surface area contributed by atoms with Crippen LogP contribution in [-0.4, -0.2) is 19.1 Å². The van der Waals surface area contributed by atoms with Gasteiger partial charge in [-0.2, -0.15) is 0 Å². The van der Waals surface area contributed by atoms with Crippen LogP contribution in [-0.2, 0) is 6.42 Å². The third kappa shape index (κ3) is 3.70. The molecule has 2 N–H and O–H groups in total. The Balaban J connectivity index is 2.91. The average molecular weight is 252 g/mol. The molecular formula is C15H25FN2. The highest BCUT2D eigenvalue weighted by Gasteiger charge is 2.15. The van der Waals surface area contributed by atoms with Crippen molar-refractivity contribution in [3.8, 4) is 0 Å². The Bertz CT molecular complexity index is 373. The molecule has 102 valence electrons. The summed E-state index contributed by atoms with van der Waals surface area (Å²) in [6.45, 7) is 6.20. The van der Waals surface area contributed by atoms with Crippen molar-refractivity contribution in [2.24, 2.45) is 5.73 Å². The van der Waals surface area contributed by atoms with Gasteiger partial charge in [0.15, 0.2) is 0 Å². The van der Waals surface area contributed by atoms with Gasteiger partial charge in [0.1, 0.15) is 5.82 Å². The summed E-state index contributed by atoms with van der Waals surface area (Å²) in [5.41, 5.74) is 7.37. The molecule has 0 saturated heterocycles. The van der Waals surface area contributed by atoms with Gasteiger partial charge in [0.2, 0.25) is 0 Å². The number of halogens is 1. The van der Waals surface area contributed by atoms with E-state index in [4.69, 9.17) is 5.73 Å². The molecule has 0 saturated carbocycles. The van der Waals surface area contributed by atoms with Crippen LogP contribution >= 0.6 is 0 Å². The molecule has 1 rings (SSSR count). The lowest BCUT2D eigenvalue weighted by atomic mass is 10.1. The fourth-order valence-corrected chi connectivity index (χ4v) is 2.37. The molecule has 0 spiro atoms. The van der Waals surface area contributed by atoms with Gasteiger partial charge in [-0.05, 0) is 43.9 Å². The molecule has 1 atom stereocenters. The van der Waals surface area contributed by atoms with Crippen molar-refractivity contribution >= 4 is 5.69 Å². The molecule has 0 aliphatic carbocycles. The van der Waals surface area contributed by atoms with E-state index in [1.54, 1.807) is 6.07 Å². The monoisotopic (exact) mass is 252 g/mol. The molecule has 2 nitrogen and oxygen atoms in total. The normalized spacial score (nSPS) is 12.8. The SMILES string of the molecule is CCC(CC)N(C)c1ccc(CC(C)N)cc1F. The van der Waals surface area contributed by atoms with Crippen LogP contribution in [0.15, 0.2) is 18.2 Å². The van der Waals surface area contributed by atoms with E-state index >= 15 is 0 Å². The maximum absolute atomic E-state index is 14.1. The highest BCUT2D eigenvalue weighted by Crippen LogP contribution is 2.23. The molecule has 0 amide bonds. The number of benzene rings is 1. The first-order valence-corrected chi connectivity index (χ1v) is 6.76. The topological polar surface area (TPSA) is 29.3 Å². The molecule has 0 radical (unpaired) electrons. The first kappa shape index (κ1) is 15.0. The lowest BCUT2D eigenvalue weighted by Gasteiger charge is -2.29. The minimum absolute atomic E-state index is 0.0620. The van der Waals surface area contributed by atoms with Crippen LogP contribution in [0.25, 0.3) is 0 Å². The Kier molecular flexibility index (Phi) is 5.60. The molecule has 1 unspecified atom stereocenters. The van der Waals surface area contributed by atoms with Gasteiger partial charge in [-0.1, -0.05) is 19.9 Å². The van der Waals surface area contributed by atoms with Crippen molar-refractivity contribution in [2.45, 2.75) is 52.1 Å². The summed E-state index contributed by atoms with van der Waals surface area (Å²) in [7, 11) is 1.96. The van der Waals surface area contributed by atoms with Gasteiger partial charge in [-0.15, -0.1) is 0 Å². The second kappa shape index (κ2) is 6.74. The lowest BCUT2D eigenvalue weighted by molar-refractivity contribution is 0.564. The summed E-state index contributed by atoms with van der Waals surface area (Å²) in [5, 5.41) is 0. The van der Waals surface area contributed by atoms with Gasteiger partial charge >= 0.3 is 0 Å². The van der Waals surface area contributed by atoms with Gasteiger partial charge in [-0.3, -0.25) is 0 Å². The lowest BCUT2D eigenvalue weighted by Crippen LogP contribution is -2.31. The Morgan fingerprint density at radius 3 is 2.33 bits per heavy atom. The van der Waals surface area contributed by atoms with Crippen LogP contribution in [0.5, 0.6) is 0 Å². The van der Waals surface area contributed by atoms with E-state index < -0.39 is 0 Å². The zero-order chi connectivity index (χ0) is 13.7. The smallest absolute Gasteiger partial charge is 0.146 e. The van der Waals surface area contributed by atoms with E-state index in [0.29, 0.717) is 18.2 Å². The van der Waals surface area contributed by atoms with Gasteiger partial charge in [0.25, 0.3) is 0 Å². The van der Waals surface area contributed by atoms with E-state index in [-0.39, 0.29) is 11.9 Å². The number of nitrogens with two attached hydrogens (primary N) is 1. The fourth-order valence-electron chi connectivity index (χ4n) is 2.37. The molecule has 18 heavy (non-hydrogen) atoms. The minimum atomic E-state index is -0.150. The molecule has 0 fully saturated rings. The average Bonchev–Trinajstić information content (AvgIpc) is 2.29. The molecule has 0 heterocycles. The second-order valence-corrected chi connectivity index (χ2v) is 5.05. The summed E-state index contributed by atoms with van der Waals surface area (Å²) >= 11 is 0.